The van der Waals surface area contributed by atoms with Crippen molar-refractivity contribution in [3.05, 3.63) is 122 Å². The first kappa shape index (κ1) is 59.6. The van der Waals surface area contributed by atoms with Crippen molar-refractivity contribution in [1.82, 2.24) is 5.32 Å². The van der Waals surface area contributed by atoms with E-state index in [0.29, 0.717) is 6.42 Å². The van der Waals surface area contributed by atoms with E-state index in [1.54, 1.807) is 6.08 Å². The van der Waals surface area contributed by atoms with Crippen LogP contribution in [0.25, 0.3) is 0 Å². The summed E-state index contributed by atoms with van der Waals surface area (Å²) < 4.78 is 11.2. The second-order valence-corrected chi connectivity index (χ2v) is 16.9. The Kier molecular flexibility index (Phi) is 40.7. The van der Waals surface area contributed by atoms with Crippen LogP contribution >= 0.6 is 0 Å². The molecule has 0 spiro atoms. The molecule has 0 radical (unpaired) electrons. The average molecular weight is 906 g/mol. The maximum Gasteiger partial charge on any atom is 0.220 e. The standard InChI is InChI=1S/C56H91NO8/c1-3-5-7-9-11-13-14-15-16-17-18-19-20-21-22-23-24-25-26-27-28-29-30-31-32-33-34-35-36-38-40-42-44-46-52(60)57-49(50(59)45-43-41-39-37-12-10-8-6-4-2)48-64-56-55(63)54(62)53(61)51(47-58)65-56/h5,7,11,13,15-16,18-19,21-22,24-25,27-28,30-31,33-34,43,45,49-51,53-56,58-59,61-63H,3-4,6,8-10,12,14,17,20,23,26,29,32,35-42,44,46-48H2,1-2H3,(H,57,60)/b7-5-,13-11-,16-15-,19-18-,22-21-,25-24-,28-27-,31-30-,34-33-,45-43+. The lowest BCUT2D eigenvalue weighted by atomic mass is 9.99. The Bertz CT molecular complexity index is 1420. The molecule has 0 saturated carbocycles. The fraction of sp³-hybridized carbons (Fsp3) is 0.625. The molecule has 368 valence electrons. The number of unbranched alkanes of at least 4 members (excludes halogenated alkanes) is 12. The highest BCUT2D eigenvalue weighted by Gasteiger charge is 2.44. The van der Waals surface area contributed by atoms with Crippen molar-refractivity contribution >= 4 is 5.91 Å². The number of allylic oxidation sites excluding steroid dienone is 19. The van der Waals surface area contributed by atoms with Crippen molar-refractivity contribution in [2.24, 2.45) is 0 Å². The van der Waals surface area contributed by atoms with Crippen molar-refractivity contribution in [3.63, 3.8) is 0 Å². The molecule has 6 N–H and O–H groups in total. The van der Waals surface area contributed by atoms with Crippen molar-refractivity contribution in [2.75, 3.05) is 13.2 Å². The number of nitrogens with one attached hydrogen (secondary N) is 1. The average Bonchev–Trinajstić information content (AvgIpc) is 3.31. The molecule has 0 aliphatic carbocycles. The number of hydrogen-bond acceptors (Lipinski definition) is 8. The lowest BCUT2D eigenvalue weighted by molar-refractivity contribution is -0.302. The van der Waals surface area contributed by atoms with Gasteiger partial charge in [-0.25, -0.2) is 0 Å². The minimum Gasteiger partial charge on any atom is -0.394 e. The third kappa shape index (κ3) is 34.5. The Hall–Kier alpha value is -3.41. The molecule has 1 rings (SSSR count). The van der Waals surface area contributed by atoms with Crippen LogP contribution in [-0.2, 0) is 14.3 Å². The normalized spacial score (nSPS) is 21.0. The van der Waals surface area contributed by atoms with Gasteiger partial charge in [0.1, 0.15) is 24.4 Å². The van der Waals surface area contributed by atoms with Gasteiger partial charge < -0.3 is 40.3 Å². The second kappa shape index (κ2) is 44.4. The van der Waals surface area contributed by atoms with E-state index in [1.165, 1.54) is 32.1 Å². The summed E-state index contributed by atoms with van der Waals surface area (Å²) in [5, 5.41) is 54.1. The SMILES string of the molecule is CC/C=C\C/C=C\C/C=C\C/C=C\C/C=C\C/C=C\C/C=C\C/C=C\C/C=C\CCCCCCCC(=O)NC(COC1OC(CO)C(O)C(O)C1O)C(O)/C=C/CCCCCCCCC. The van der Waals surface area contributed by atoms with Crippen molar-refractivity contribution in [1.29, 1.82) is 0 Å². The molecule has 1 amide bonds. The third-order valence-corrected chi connectivity index (χ3v) is 11.0. The summed E-state index contributed by atoms with van der Waals surface area (Å²) in [6.45, 7) is 3.59. The van der Waals surface area contributed by atoms with E-state index in [0.717, 1.165) is 116 Å². The first-order chi connectivity index (χ1) is 31.8. The summed E-state index contributed by atoms with van der Waals surface area (Å²) in [4.78, 5) is 12.9. The fourth-order valence-corrected chi connectivity index (χ4v) is 7.03. The van der Waals surface area contributed by atoms with E-state index < -0.39 is 49.5 Å². The van der Waals surface area contributed by atoms with Gasteiger partial charge in [0.05, 0.1) is 25.4 Å². The Morgan fingerprint density at radius 2 is 0.954 bits per heavy atom. The van der Waals surface area contributed by atoms with Crippen LogP contribution < -0.4 is 5.32 Å². The number of aliphatic hydroxyl groups is 5. The number of rotatable bonds is 40. The van der Waals surface area contributed by atoms with E-state index in [4.69, 9.17) is 9.47 Å². The summed E-state index contributed by atoms with van der Waals surface area (Å²) in [6, 6.07) is -0.822. The molecule has 1 aliphatic heterocycles. The van der Waals surface area contributed by atoms with Gasteiger partial charge in [0, 0.05) is 6.42 Å². The molecule has 1 fully saturated rings. The summed E-state index contributed by atoms with van der Waals surface area (Å²) in [5.41, 5.74) is 0. The fourth-order valence-electron chi connectivity index (χ4n) is 7.03. The Labute approximate surface area is 395 Å². The largest absolute Gasteiger partial charge is 0.394 e. The van der Waals surface area contributed by atoms with Crippen LogP contribution in [-0.4, -0.2) is 87.5 Å². The zero-order chi connectivity index (χ0) is 47.3. The van der Waals surface area contributed by atoms with Gasteiger partial charge in [-0.15, -0.1) is 0 Å². The molecular formula is C56H91NO8. The molecule has 0 aromatic carbocycles. The van der Waals surface area contributed by atoms with Gasteiger partial charge in [-0.3, -0.25) is 4.79 Å². The smallest absolute Gasteiger partial charge is 0.220 e. The van der Waals surface area contributed by atoms with Gasteiger partial charge in [0.25, 0.3) is 0 Å². The van der Waals surface area contributed by atoms with Crippen molar-refractivity contribution < 1.29 is 39.8 Å². The summed E-state index contributed by atoms with van der Waals surface area (Å²) in [6.07, 6.45) is 59.8. The monoisotopic (exact) mass is 906 g/mol. The van der Waals surface area contributed by atoms with Crippen LogP contribution in [0, 0.1) is 0 Å². The predicted octanol–water partition coefficient (Wildman–Crippen LogP) is 11.6. The van der Waals surface area contributed by atoms with E-state index >= 15 is 0 Å². The van der Waals surface area contributed by atoms with Gasteiger partial charge in [-0.05, 0) is 89.9 Å². The molecule has 0 aromatic heterocycles. The van der Waals surface area contributed by atoms with Gasteiger partial charge >= 0.3 is 0 Å². The summed E-state index contributed by atoms with van der Waals surface area (Å²) in [5.74, 6) is -0.205. The molecule has 0 aromatic rings. The lowest BCUT2D eigenvalue weighted by Gasteiger charge is -2.40. The first-order valence-electron chi connectivity index (χ1n) is 25.3. The highest BCUT2D eigenvalue weighted by Crippen LogP contribution is 2.22. The number of ether oxygens (including phenoxy) is 2. The number of hydrogen-bond donors (Lipinski definition) is 6. The molecule has 1 heterocycles. The van der Waals surface area contributed by atoms with Crippen molar-refractivity contribution in [2.45, 2.75) is 211 Å². The minimum absolute atomic E-state index is 0.205. The number of amides is 1. The maximum atomic E-state index is 12.9. The van der Waals surface area contributed by atoms with Crippen LogP contribution in [0.15, 0.2) is 122 Å². The molecule has 9 nitrogen and oxygen atoms in total. The number of aliphatic hydroxyl groups excluding tert-OH is 5. The predicted molar refractivity (Wildman–Crippen MR) is 271 cm³/mol. The Morgan fingerprint density at radius 1 is 0.538 bits per heavy atom. The molecule has 1 aliphatic rings. The van der Waals surface area contributed by atoms with Gasteiger partial charge in [-0.1, -0.05) is 193 Å². The zero-order valence-electron chi connectivity index (χ0n) is 40.4. The molecule has 1 saturated heterocycles. The molecular weight excluding hydrogens is 815 g/mol. The minimum atomic E-state index is -1.58. The van der Waals surface area contributed by atoms with E-state index in [2.05, 4.69) is 129 Å². The quantitative estimate of drug-likeness (QED) is 0.0263. The Balaban J connectivity index is 2.22. The molecule has 7 atom stereocenters. The lowest BCUT2D eigenvalue weighted by Crippen LogP contribution is -2.60. The van der Waals surface area contributed by atoms with Gasteiger partial charge in [0.2, 0.25) is 5.91 Å². The Morgan fingerprint density at radius 3 is 1.42 bits per heavy atom. The molecule has 0 bridgehead atoms. The van der Waals surface area contributed by atoms with E-state index in [1.807, 2.05) is 6.08 Å². The topological polar surface area (TPSA) is 149 Å². The maximum absolute atomic E-state index is 12.9. The number of carbonyl (C=O) groups excluding carboxylic acids is 1. The highest BCUT2D eigenvalue weighted by molar-refractivity contribution is 5.76. The first-order valence-corrected chi connectivity index (χ1v) is 25.3. The van der Waals surface area contributed by atoms with Gasteiger partial charge in [-0.2, -0.15) is 0 Å². The second-order valence-electron chi connectivity index (χ2n) is 16.9. The van der Waals surface area contributed by atoms with Gasteiger partial charge in [0.15, 0.2) is 6.29 Å². The van der Waals surface area contributed by atoms with Crippen LogP contribution in [0.1, 0.15) is 168 Å². The molecule has 7 unspecified atom stereocenters. The van der Waals surface area contributed by atoms with Crippen molar-refractivity contribution in [3.8, 4) is 0 Å². The van der Waals surface area contributed by atoms with Crippen LogP contribution in [0.5, 0.6) is 0 Å². The number of carbonyl (C=O) groups is 1. The third-order valence-electron chi connectivity index (χ3n) is 11.0. The van der Waals surface area contributed by atoms with Crippen LogP contribution in [0.3, 0.4) is 0 Å². The van der Waals surface area contributed by atoms with E-state index in [9.17, 15) is 30.3 Å². The molecule has 65 heavy (non-hydrogen) atoms. The van der Waals surface area contributed by atoms with Crippen LogP contribution in [0.2, 0.25) is 0 Å². The summed E-state index contributed by atoms with van der Waals surface area (Å²) >= 11 is 0. The summed E-state index contributed by atoms with van der Waals surface area (Å²) in [7, 11) is 0. The zero-order valence-corrected chi connectivity index (χ0v) is 40.4. The van der Waals surface area contributed by atoms with Crippen LogP contribution in [0.4, 0.5) is 0 Å². The highest BCUT2D eigenvalue weighted by atomic mass is 16.7. The molecule has 9 heteroatoms. The van der Waals surface area contributed by atoms with E-state index in [-0.39, 0.29) is 12.5 Å².